The van der Waals surface area contributed by atoms with E-state index in [0.717, 1.165) is 4.57 Å². The van der Waals surface area contributed by atoms with Crippen molar-refractivity contribution in [3.8, 4) is 23.1 Å². The summed E-state index contributed by atoms with van der Waals surface area (Å²) >= 11 is 0. The Morgan fingerprint density at radius 3 is 2.14 bits per heavy atom. The molecule has 0 aliphatic carbocycles. The van der Waals surface area contributed by atoms with Crippen LogP contribution in [0.2, 0.25) is 0 Å². The quantitative estimate of drug-likeness (QED) is 0.591. The zero-order chi connectivity index (χ0) is 19.5. The van der Waals surface area contributed by atoms with Gasteiger partial charge in [0.25, 0.3) is 5.91 Å². The van der Waals surface area contributed by atoms with E-state index in [4.69, 9.17) is 4.74 Å². The average molecular weight is 372 g/mol. The number of nitrogens with zero attached hydrogens (tertiary/aromatic N) is 2. The van der Waals surface area contributed by atoms with Crippen molar-refractivity contribution in [3.63, 3.8) is 0 Å². The number of carbonyl (C=O) groups excluding carboxylic acids is 1. The molecule has 6 heteroatoms. The molecule has 3 aromatic carbocycles. The molecule has 0 bridgehead atoms. The Hall–Kier alpha value is -4.06. The van der Waals surface area contributed by atoms with E-state index < -0.39 is 17.5 Å². The highest BCUT2D eigenvalue weighted by atomic mass is 16.5. The molecule has 0 atom stereocenters. The molecular weight excluding hydrogens is 356 g/mol. The second-order valence-electron chi connectivity index (χ2n) is 6.03. The van der Waals surface area contributed by atoms with Crippen molar-refractivity contribution in [1.82, 2.24) is 9.13 Å². The van der Waals surface area contributed by atoms with E-state index in [1.807, 2.05) is 24.3 Å². The van der Waals surface area contributed by atoms with Crippen LogP contribution in [0.25, 0.3) is 5.69 Å². The fraction of sp³-hybridized carbons (Fsp3) is 0. The maximum atomic E-state index is 13.1. The molecule has 0 unspecified atom stereocenters. The predicted octanol–water partition coefficient (Wildman–Crippen LogP) is 3.83. The summed E-state index contributed by atoms with van der Waals surface area (Å²) < 4.78 is 7.74. The van der Waals surface area contributed by atoms with Crippen LogP contribution in [-0.4, -0.2) is 20.1 Å². The van der Waals surface area contributed by atoms with Crippen molar-refractivity contribution >= 4 is 5.91 Å². The third-order valence-electron chi connectivity index (χ3n) is 4.20. The Morgan fingerprint density at radius 2 is 1.43 bits per heavy atom. The minimum Gasteiger partial charge on any atom is -0.493 e. The lowest BCUT2D eigenvalue weighted by molar-refractivity contribution is 0.0944. The van der Waals surface area contributed by atoms with Crippen LogP contribution in [-0.2, 0) is 0 Å². The van der Waals surface area contributed by atoms with Crippen LogP contribution in [0, 0.1) is 0 Å². The molecule has 0 spiro atoms. The highest BCUT2D eigenvalue weighted by molar-refractivity contribution is 5.99. The van der Waals surface area contributed by atoms with Gasteiger partial charge in [0.15, 0.2) is 0 Å². The van der Waals surface area contributed by atoms with E-state index in [2.05, 4.69) is 0 Å². The molecule has 4 aromatic rings. The van der Waals surface area contributed by atoms with Gasteiger partial charge in [-0.05, 0) is 36.4 Å². The van der Waals surface area contributed by atoms with Crippen LogP contribution in [0.15, 0.2) is 95.9 Å². The molecule has 0 amide bonds. The van der Waals surface area contributed by atoms with Crippen molar-refractivity contribution in [2.24, 2.45) is 0 Å². The highest BCUT2D eigenvalue weighted by Crippen LogP contribution is 2.26. The molecule has 1 aromatic heterocycles. The van der Waals surface area contributed by atoms with Gasteiger partial charge >= 0.3 is 5.69 Å². The van der Waals surface area contributed by atoms with E-state index in [9.17, 15) is 14.7 Å². The van der Waals surface area contributed by atoms with Gasteiger partial charge in [-0.2, -0.15) is 4.57 Å². The van der Waals surface area contributed by atoms with Crippen molar-refractivity contribution in [2.45, 2.75) is 0 Å². The van der Waals surface area contributed by atoms with Gasteiger partial charge in [0.2, 0.25) is 5.88 Å². The second kappa shape index (κ2) is 7.28. The summed E-state index contributed by atoms with van der Waals surface area (Å²) in [5, 5.41) is 10.3. The number of para-hydroxylation sites is 3. The van der Waals surface area contributed by atoms with Crippen LogP contribution in [0.1, 0.15) is 10.4 Å². The van der Waals surface area contributed by atoms with Crippen LogP contribution in [0.4, 0.5) is 0 Å². The third kappa shape index (κ3) is 3.19. The van der Waals surface area contributed by atoms with Crippen molar-refractivity contribution < 1.29 is 14.6 Å². The first-order valence-corrected chi connectivity index (χ1v) is 8.60. The van der Waals surface area contributed by atoms with Crippen LogP contribution < -0.4 is 10.4 Å². The van der Waals surface area contributed by atoms with Gasteiger partial charge in [-0.25, -0.2) is 4.79 Å². The number of rotatable bonds is 4. The maximum absolute atomic E-state index is 13.1. The van der Waals surface area contributed by atoms with Crippen LogP contribution >= 0.6 is 0 Å². The van der Waals surface area contributed by atoms with Gasteiger partial charge in [-0.3, -0.25) is 9.36 Å². The first kappa shape index (κ1) is 17.4. The molecule has 138 valence electrons. The summed E-state index contributed by atoms with van der Waals surface area (Å²) in [6.07, 6.45) is 1.22. The number of imidazole rings is 1. The van der Waals surface area contributed by atoms with Gasteiger partial charge in [0.1, 0.15) is 11.5 Å². The highest BCUT2D eigenvalue weighted by Gasteiger charge is 2.22. The number of ether oxygens (including phenoxy) is 1. The molecule has 0 saturated heterocycles. The number of aromatic hydroxyl groups is 1. The minimum absolute atomic E-state index is 0.162. The summed E-state index contributed by atoms with van der Waals surface area (Å²) in [6, 6.07) is 24.4. The third-order valence-corrected chi connectivity index (χ3v) is 4.20. The predicted molar refractivity (Wildman–Crippen MR) is 104 cm³/mol. The van der Waals surface area contributed by atoms with Crippen molar-refractivity contribution in [3.05, 3.63) is 107 Å². The molecule has 1 N–H and O–H groups in total. The topological polar surface area (TPSA) is 73.5 Å². The number of aromatic nitrogens is 2. The van der Waals surface area contributed by atoms with Gasteiger partial charge in [0.05, 0.1) is 17.4 Å². The van der Waals surface area contributed by atoms with Crippen LogP contribution in [0.3, 0.4) is 0 Å². The Balaban J connectivity index is 1.76. The second-order valence-corrected chi connectivity index (χ2v) is 6.03. The van der Waals surface area contributed by atoms with E-state index in [1.54, 1.807) is 60.7 Å². The first-order chi connectivity index (χ1) is 13.6. The molecule has 0 aliphatic heterocycles. The Bertz CT molecular complexity index is 1180. The van der Waals surface area contributed by atoms with Crippen LogP contribution in [0.5, 0.6) is 17.4 Å². The summed E-state index contributed by atoms with van der Waals surface area (Å²) in [4.78, 5) is 25.8. The lowest BCUT2D eigenvalue weighted by atomic mass is 10.2. The lowest BCUT2D eigenvalue weighted by Crippen LogP contribution is -2.28. The normalized spacial score (nSPS) is 10.6. The molecule has 1 heterocycles. The number of benzene rings is 3. The zero-order valence-corrected chi connectivity index (χ0v) is 14.7. The van der Waals surface area contributed by atoms with Gasteiger partial charge in [-0.15, -0.1) is 0 Å². The summed E-state index contributed by atoms with van der Waals surface area (Å²) in [5.41, 5.74) is 0.0425. The number of hydrogen-bond donors (Lipinski definition) is 1. The Kier molecular flexibility index (Phi) is 4.51. The SMILES string of the molecule is O=C(c1ccccc1Oc1ccccc1)n1c(O)cn(-c2ccccc2)c1=O. The summed E-state index contributed by atoms with van der Waals surface area (Å²) in [6.45, 7) is 0. The molecule has 0 saturated carbocycles. The fourth-order valence-electron chi connectivity index (χ4n) is 2.87. The molecule has 28 heavy (non-hydrogen) atoms. The summed E-state index contributed by atoms with van der Waals surface area (Å²) in [7, 11) is 0. The van der Waals surface area contributed by atoms with Crippen molar-refractivity contribution in [2.75, 3.05) is 0 Å². The van der Waals surface area contributed by atoms with Crippen molar-refractivity contribution in [1.29, 1.82) is 0 Å². The number of hydrogen-bond acceptors (Lipinski definition) is 4. The van der Waals surface area contributed by atoms with Gasteiger partial charge in [-0.1, -0.05) is 48.5 Å². The molecule has 0 radical (unpaired) electrons. The largest absolute Gasteiger partial charge is 0.493 e. The molecule has 4 rings (SSSR count). The minimum atomic E-state index is -0.677. The van der Waals surface area contributed by atoms with Gasteiger partial charge < -0.3 is 9.84 Å². The zero-order valence-electron chi connectivity index (χ0n) is 14.7. The maximum Gasteiger partial charge on any atom is 0.342 e. The average Bonchev–Trinajstić information content (AvgIpc) is 3.03. The fourth-order valence-corrected chi connectivity index (χ4v) is 2.87. The lowest BCUT2D eigenvalue weighted by Gasteiger charge is -2.10. The monoisotopic (exact) mass is 372 g/mol. The summed E-state index contributed by atoms with van der Waals surface area (Å²) in [5.74, 6) is -0.282. The van der Waals surface area contributed by atoms with Gasteiger partial charge in [0, 0.05) is 0 Å². The molecule has 6 nitrogen and oxygen atoms in total. The smallest absolute Gasteiger partial charge is 0.342 e. The van der Waals surface area contributed by atoms with E-state index in [1.165, 1.54) is 10.8 Å². The number of carbonyl (C=O) groups is 1. The first-order valence-electron chi connectivity index (χ1n) is 8.60. The van der Waals surface area contributed by atoms with E-state index >= 15 is 0 Å². The molecule has 0 aliphatic rings. The van der Waals surface area contributed by atoms with E-state index in [-0.39, 0.29) is 11.3 Å². The Labute approximate surface area is 160 Å². The molecule has 0 fully saturated rings. The van der Waals surface area contributed by atoms with E-state index in [0.29, 0.717) is 11.4 Å². The Morgan fingerprint density at radius 1 is 0.821 bits per heavy atom. The molecular formula is C22H16N2O4. The standard InChI is InChI=1S/C22H16N2O4/c25-20-15-23(16-9-3-1-4-10-16)22(27)24(20)21(26)18-13-7-8-14-19(18)28-17-11-5-2-6-12-17/h1-15,25H.